The van der Waals surface area contributed by atoms with Crippen molar-refractivity contribution >= 4 is 65.0 Å². The van der Waals surface area contributed by atoms with Crippen LogP contribution in [0.3, 0.4) is 0 Å². The number of nitrogens with one attached hydrogen (secondary N) is 5. The highest BCUT2D eigenvalue weighted by atomic mass is 16.5. The fraction of sp³-hybridized carbons (Fsp3) is 0.762. The molecular formula is C63H111N11O12. The second-order valence-electron chi connectivity index (χ2n) is 26.0. The van der Waals surface area contributed by atoms with E-state index in [4.69, 9.17) is 4.74 Å². The molecule has 1 rings (SSSR count). The Kier molecular flexibility index (Phi) is 32.5. The lowest BCUT2D eigenvalue weighted by molar-refractivity contribution is -0.167. The molecule has 23 heteroatoms. The molecule has 0 bridgehead atoms. The molecule has 0 spiro atoms. The summed E-state index contributed by atoms with van der Waals surface area (Å²) in [5, 5.41) is 14.0. The summed E-state index contributed by atoms with van der Waals surface area (Å²) in [6.07, 6.45) is 4.97. The number of cyclic esters (lactones) is 1. The van der Waals surface area contributed by atoms with Gasteiger partial charge in [0.15, 0.2) is 0 Å². The van der Waals surface area contributed by atoms with Gasteiger partial charge in [-0.25, -0.2) is 4.79 Å². The average molecular weight is 1210 g/mol. The SMILES string of the molecule is C=CC=CC[C@@H](C)[C@H]1OC(=O)[C@H](C(C)C)N(C)C(=O)[C@H](CC(C)C)N(C)C(=O)[C@H](CC(C)C)N(C)C(=O)[C@@H](C)NC(=O)[C@H](C)NC(=O)[C@H](CC(C)C)N(C)C(=O)[C@H](C(C)C)NC(=O)[C@H](CC(C)C)N(C)C(=O)CN(C)C(=O)[C@H](CC)NC(=O)[C@H]1NC. The van der Waals surface area contributed by atoms with E-state index >= 15 is 4.79 Å². The molecule has 0 aromatic heterocycles. The van der Waals surface area contributed by atoms with Crippen LogP contribution in [0.15, 0.2) is 24.8 Å². The summed E-state index contributed by atoms with van der Waals surface area (Å²) >= 11 is 0. The monoisotopic (exact) mass is 1210 g/mol. The van der Waals surface area contributed by atoms with Crippen molar-refractivity contribution in [1.82, 2.24) is 56.0 Å². The standard InChI is InChI=1S/C63H111N11O12/c1-25-27-28-29-41(15)53-51(64-18)57(79)67-44(26-2)59(81)69(19)34-49(75)70(20)45(30-35(3)4)56(78)68-50(39(11)12)62(84)71(21)46(31-36(5)6)55(77)65-42(16)54(76)66-43(17)58(80)72(22)47(32-37(7)8)60(82)73(23)48(33-38(9)10)61(83)74(24)52(40(13)14)63(85)86-53/h25,27-28,35-48,50-53,64H,1,26,29-34H2,2-24H3,(H,65,77)(H,66,76)(H,67,79)(H,68,78)/t41-,42+,43-,44+,45+,46+,47+,48+,50+,51+,52+,53-/m1/s1. The molecule has 1 saturated heterocycles. The van der Waals surface area contributed by atoms with E-state index < -0.39 is 156 Å². The van der Waals surface area contributed by atoms with Crippen molar-refractivity contribution in [1.29, 1.82) is 0 Å². The van der Waals surface area contributed by atoms with E-state index in [2.05, 4.69) is 33.2 Å². The molecule has 1 heterocycles. The summed E-state index contributed by atoms with van der Waals surface area (Å²) < 4.78 is 6.36. The summed E-state index contributed by atoms with van der Waals surface area (Å²) in [5.41, 5.74) is 0. The number of ether oxygens (including phenoxy) is 1. The minimum absolute atomic E-state index is 0.0870. The first kappa shape index (κ1) is 77.6. The molecule has 0 unspecified atom stereocenters. The van der Waals surface area contributed by atoms with E-state index in [9.17, 15) is 47.9 Å². The van der Waals surface area contributed by atoms with Crippen molar-refractivity contribution in [3.63, 3.8) is 0 Å². The zero-order valence-electron chi connectivity index (χ0n) is 56.4. The predicted octanol–water partition coefficient (Wildman–Crippen LogP) is 3.75. The Balaban J connectivity index is 4.27. The van der Waals surface area contributed by atoms with Crippen LogP contribution < -0.4 is 26.6 Å². The van der Waals surface area contributed by atoms with Crippen LogP contribution in [-0.4, -0.2) is 217 Å². The zero-order valence-corrected chi connectivity index (χ0v) is 56.4. The third kappa shape index (κ3) is 22.4. The Morgan fingerprint density at radius 1 is 0.535 bits per heavy atom. The third-order valence-corrected chi connectivity index (χ3v) is 15.9. The summed E-state index contributed by atoms with van der Waals surface area (Å²) in [4.78, 5) is 167. The quantitative estimate of drug-likeness (QED) is 0.109. The first-order valence-electron chi connectivity index (χ1n) is 30.8. The van der Waals surface area contributed by atoms with Gasteiger partial charge in [-0.3, -0.25) is 47.9 Å². The maximum Gasteiger partial charge on any atom is 0.329 e. The first-order valence-corrected chi connectivity index (χ1v) is 30.8. The summed E-state index contributed by atoms with van der Waals surface area (Å²) in [6, 6.07) is -11.8. The molecule has 490 valence electrons. The predicted molar refractivity (Wildman–Crippen MR) is 333 cm³/mol. The molecule has 0 aromatic carbocycles. The molecular weight excluding hydrogens is 1100 g/mol. The molecule has 0 saturated carbocycles. The molecule has 23 nitrogen and oxygen atoms in total. The fourth-order valence-electron chi connectivity index (χ4n) is 10.6. The highest BCUT2D eigenvalue weighted by molar-refractivity contribution is 5.98. The molecule has 12 atom stereocenters. The van der Waals surface area contributed by atoms with Crippen molar-refractivity contribution in [2.45, 2.75) is 216 Å². The number of nitrogens with zero attached hydrogens (tertiary/aromatic N) is 6. The number of carbonyl (C=O) groups is 11. The third-order valence-electron chi connectivity index (χ3n) is 15.9. The van der Waals surface area contributed by atoms with Crippen LogP contribution in [0.4, 0.5) is 0 Å². The van der Waals surface area contributed by atoms with Crippen molar-refractivity contribution < 1.29 is 57.5 Å². The highest BCUT2D eigenvalue weighted by Crippen LogP contribution is 2.26. The number of amides is 10. The van der Waals surface area contributed by atoms with Gasteiger partial charge in [-0.15, -0.1) is 0 Å². The molecule has 10 amide bonds. The first-order chi connectivity index (χ1) is 39.8. The van der Waals surface area contributed by atoms with E-state index in [-0.39, 0.29) is 55.8 Å². The van der Waals surface area contributed by atoms with Gasteiger partial charge < -0.3 is 60.7 Å². The number of hydrogen-bond acceptors (Lipinski definition) is 13. The second kappa shape index (κ2) is 36.0. The number of allylic oxidation sites excluding steroid dienone is 3. The van der Waals surface area contributed by atoms with Gasteiger partial charge in [0.05, 0.1) is 6.54 Å². The Bertz CT molecular complexity index is 2360. The lowest BCUT2D eigenvalue weighted by Gasteiger charge is -2.40. The molecule has 5 N–H and O–H groups in total. The van der Waals surface area contributed by atoms with Crippen LogP contribution in [0.5, 0.6) is 0 Å². The minimum atomic E-state index is -1.26. The van der Waals surface area contributed by atoms with Crippen LogP contribution in [0.2, 0.25) is 0 Å². The van der Waals surface area contributed by atoms with Gasteiger partial charge in [-0.05, 0) is 101 Å². The van der Waals surface area contributed by atoms with Gasteiger partial charge in [-0.2, -0.15) is 0 Å². The van der Waals surface area contributed by atoms with Gasteiger partial charge in [0.1, 0.15) is 66.5 Å². The van der Waals surface area contributed by atoms with E-state index in [1.807, 2.05) is 55.4 Å². The number of hydrogen-bond donors (Lipinski definition) is 5. The van der Waals surface area contributed by atoms with Gasteiger partial charge in [0.25, 0.3) is 0 Å². The lowest BCUT2D eigenvalue weighted by Crippen LogP contribution is -2.61. The number of rotatable bonds is 16. The number of esters is 1. The van der Waals surface area contributed by atoms with Gasteiger partial charge in [0, 0.05) is 42.3 Å². The Morgan fingerprint density at radius 3 is 1.43 bits per heavy atom. The Labute approximate surface area is 514 Å². The fourth-order valence-corrected chi connectivity index (χ4v) is 10.6. The highest BCUT2D eigenvalue weighted by Gasteiger charge is 2.44. The topological polar surface area (TPSA) is 277 Å². The van der Waals surface area contributed by atoms with Crippen LogP contribution in [-0.2, 0) is 57.5 Å². The second-order valence-corrected chi connectivity index (χ2v) is 26.0. The van der Waals surface area contributed by atoms with Crippen LogP contribution in [0, 0.1) is 41.4 Å². The maximum absolute atomic E-state index is 15.1. The lowest BCUT2D eigenvalue weighted by atomic mass is 9.92. The van der Waals surface area contributed by atoms with Crippen molar-refractivity contribution in [2.24, 2.45) is 41.4 Å². The summed E-state index contributed by atoms with van der Waals surface area (Å²) in [5.74, 6) is -9.34. The average Bonchev–Trinajstić information content (AvgIpc) is 1.66. The molecule has 0 aromatic rings. The molecule has 1 fully saturated rings. The summed E-state index contributed by atoms with van der Waals surface area (Å²) in [6.45, 7) is 31.5. The maximum atomic E-state index is 15.1. The zero-order chi connectivity index (χ0) is 66.5. The van der Waals surface area contributed by atoms with Crippen LogP contribution in [0.1, 0.15) is 149 Å². The van der Waals surface area contributed by atoms with Crippen LogP contribution in [0.25, 0.3) is 0 Å². The molecule has 86 heavy (non-hydrogen) atoms. The largest absolute Gasteiger partial charge is 0.458 e. The number of carbonyl (C=O) groups excluding carboxylic acids is 11. The van der Waals surface area contributed by atoms with E-state index in [0.717, 1.165) is 4.90 Å². The molecule has 1 aliphatic heterocycles. The van der Waals surface area contributed by atoms with E-state index in [1.54, 1.807) is 59.8 Å². The summed E-state index contributed by atoms with van der Waals surface area (Å²) in [7, 11) is 10.2. The van der Waals surface area contributed by atoms with Crippen molar-refractivity contribution in [3.05, 3.63) is 24.8 Å². The Hall–Kier alpha value is -6.39. The minimum Gasteiger partial charge on any atom is -0.458 e. The molecule has 0 radical (unpaired) electrons. The Morgan fingerprint density at radius 2 is 0.977 bits per heavy atom. The van der Waals surface area contributed by atoms with Crippen molar-refractivity contribution in [2.75, 3.05) is 55.9 Å². The van der Waals surface area contributed by atoms with E-state index in [1.165, 1.54) is 87.7 Å². The number of likely N-dealkylation sites (N-methyl/N-ethyl adjacent to an activating group) is 7. The molecule has 1 aliphatic rings. The van der Waals surface area contributed by atoms with Gasteiger partial charge in [-0.1, -0.05) is 122 Å². The van der Waals surface area contributed by atoms with Gasteiger partial charge in [0.2, 0.25) is 59.1 Å². The van der Waals surface area contributed by atoms with Gasteiger partial charge >= 0.3 is 5.97 Å². The van der Waals surface area contributed by atoms with Crippen molar-refractivity contribution in [3.8, 4) is 0 Å². The van der Waals surface area contributed by atoms with E-state index in [0.29, 0.717) is 6.42 Å². The molecule has 0 aliphatic carbocycles. The smallest absolute Gasteiger partial charge is 0.329 e. The van der Waals surface area contributed by atoms with Crippen LogP contribution >= 0.6 is 0 Å². The normalized spacial score (nSPS) is 27.2.